The van der Waals surface area contributed by atoms with Crippen LogP contribution >= 0.6 is 0 Å². The molecule has 3 aromatic rings. The van der Waals surface area contributed by atoms with Crippen LogP contribution in [0.2, 0.25) is 0 Å². The number of nitrogen functional groups attached to an aromatic ring is 1. The number of aromatic nitrogens is 5. The molecule has 0 amide bonds. The number of anilines is 1. The number of nitrogens with one attached hydrogen (secondary N) is 2. The number of hydrogen-bond acceptors (Lipinski definition) is 7. The fourth-order valence-electron chi connectivity index (χ4n) is 1.91. The summed E-state index contributed by atoms with van der Waals surface area (Å²) in [7, 11) is 0. The van der Waals surface area contributed by atoms with Crippen LogP contribution < -0.4 is 11.1 Å². The van der Waals surface area contributed by atoms with Crippen molar-refractivity contribution in [3.8, 4) is 0 Å². The third kappa shape index (κ3) is 2.32. The van der Waals surface area contributed by atoms with E-state index in [2.05, 4.69) is 30.4 Å². The Hall–Kier alpha value is -2.48. The molecular formula is C12H15N7O. The molecule has 1 unspecified atom stereocenters. The molecule has 0 radical (unpaired) electrons. The quantitative estimate of drug-likeness (QED) is 0.650. The Kier molecular flexibility index (Phi) is 3.07. The molecule has 1 atom stereocenters. The standard InChI is InChI=1S/C12H15N7O/c1-6-3-8(20-19-6)4-14-7(2)11-17-10(13)9-12(18-11)16-5-15-9/h3,5,7,14H,4H2,1-2H3,(H3,13,15,16,17,18). The van der Waals surface area contributed by atoms with Gasteiger partial charge in [-0.3, -0.25) is 0 Å². The second-order valence-electron chi connectivity index (χ2n) is 4.61. The molecule has 3 heterocycles. The molecule has 4 N–H and O–H groups in total. The number of fused-ring (bicyclic) bond motifs is 1. The van der Waals surface area contributed by atoms with E-state index in [-0.39, 0.29) is 6.04 Å². The fourth-order valence-corrected chi connectivity index (χ4v) is 1.91. The van der Waals surface area contributed by atoms with Crippen molar-refractivity contribution in [3.63, 3.8) is 0 Å². The van der Waals surface area contributed by atoms with Crippen LogP contribution in [0.15, 0.2) is 16.9 Å². The van der Waals surface area contributed by atoms with Crippen molar-refractivity contribution in [2.45, 2.75) is 26.4 Å². The number of aryl methyl sites for hydroxylation is 1. The maximum atomic E-state index is 5.87. The third-order valence-electron chi connectivity index (χ3n) is 2.98. The third-order valence-corrected chi connectivity index (χ3v) is 2.98. The van der Waals surface area contributed by atoms with E-state index in [1.807, 2.05) is 19.9 Å². The molecule has 0 fully saturated rings. The Morgan fingerprint density at radius 2 is 2.30 bits per heavy atom. The Bertz CT molecular complexity index is 732. The zero-order valence-electron chi connectivity index (χ0n) is 11.2. The summed E-state index contributed by atoms with van der Waals surface area (Å²) in [6, 6.07) is 1.80. The van der Waals surface area contributed by atoms with Crippen LogP contribution in [0.5, 0.6) is 0 Å². The SMILES string of the molecule is Cc1cc(CNC(C)c2nc(N)c3[nH]cnc3n2)on1. The summed E-state index contributed by atoms with van der Waals surface area (Å²) in [5, 5.41) is 7.10. The van der Waals surface area contributed by atoms with Crippen LogP contribution in [0.3, 0.4) is 0 Å². The summed E-state index contributed by atoms with van der Waals surface area (Å²) in [5.41, 5.74) is 7.95. The minimum absolute atomic E-state index is 0.0798. The van der Waals surface area contributed by atoms with E-state index in [0.717, 1.165) is 11.5 Å². The van der Waals surface area contributed by atoms with Gasteiger partial charge in [0, 0.05) is 6.07 Å². The van der Waals surface area contributed by atoms with Crippen molar-refractivity contribution in [1.29, 1.82) is 0 Å². The van der Waals surface area contributed by atoms with Gasteiger partial charge in [-0.25, -0.2) is 15.0 Å². The molecule has 8 heteroatoms. The number of aromatic amines is 1. The molecule has 0 aliphatic rings. The number of hydrogen-bond donors (Lipinski definition) is 3. The molecule has 0 bridgehead atoms. The van der Waals surface area contributed by atoms with Gasteiger partial charge in [0.15, 0.2) is 17.2 Å². The number of nitrogens with two attached hydrogens (primary N) is 1. The minimum Gasteiger partial charge on any atom is -0.382 e. The molecule has 20 heavy (non-hydrogen) atoms. The summed E-state index contributed by atoms with van der Waals surface area (Å²) in [6.07, 6.45) is 1.55. The van der Waals surface area contributed by atoms with E-state index in [9.17, 15) is 0 Å². The van der Waals surface area contributed by atoms with Crippen LogP contribution in [0.25, 0.3) is 11.2 Å². The summed E-state index contributed by atoms with van der Waals surface area (Å²) in [4.78, 5) is 15.7. The van der Waals surface area contributed by atoms with Crippen molar-refractivity contribution >= 4 is 17.0 Å². The first-order chi connectivity index (χ1) is 9.63. The highest BCUT2D eigenvalue weighted by Gasteiger charge is 2.13. The first kappa shape index (κ1) is 12.5. The summed E-state index contributed by atoms with van der Waals surface area (Å²) in [6.45, 7) is 4.38. The molecule has 0 spiro atoms. The van der Waals surface area contributed by atoms with Crippen LogP contribution in [-0.4, -0.2) is 25.1 Å². The predicted molar refractivity (Wildman–Crippen MR) is 72.6 cm³/mol. The number of imidazole rings is 1. The van der Waals surface area contributed by atoms with Gasteiger partial charge in [0.1, 0.15) is 11.3 Å². The van der Waals surface area contributed by atoms with E-state index in [1.165, 1.54) is 0 Å². The van der Waals surface area contributed by atoms with Crippen LogP contribution in [0, 0.1) is 6.92 Å². The van der Waals surface area contributed by atoms with Gasteiger partial charge in [-0.15, -0.1) is 0 Å². The van der Waals surface area contributed by atoms with Crippen molar-refractivity contribution in [3.05, 3.63) is 29.7 Å². The van der Waals surface area contributed by atoms with Gasteiger partial charge in [-0.1, -0.05) is 5.16 Å². The molecular weight excluding hydrogens is 258 g/mol. The number of H-pyrrole nitrogens is 1. The molecule has 104 valence electrons. The Balaban J connectivity index is 1.76. The second-order valence-corrected chi connectivity index (χ2v) is 4.61. The predicted octanol–water partition coefficient (Wildman–Crippen LogP) is 1.08. The number of rotatable bonds is 4. The van der Waals surface area contributed by atoms with Crippen LogP contribution in [0.4, 0.5) is 5.82 Å². The van der Waals surface area contributed by atoms with Crippen molar-refractivity contribution in [1.82, 2.24) is 30.4 Å². The van der Waals surface area contributed by atoms with Crippen molar-refractivity contribution < 1.29 is 4.52 Å². The molecule has 0 aliphatic carbocycles. The van der Waals surface area contributed by atoms with Gasteiger partial charge >= 0.3 is 0 Å². The smallest absolute Gasteiger partial charge is 0.183 e. The van der Waals surface area contributed by atoms with Gasteiger partial charge < -0.3 is 20.6 Å². The molecule has 3 rings (SSSR count). The second kappa shape index (κ2) is 4.89. The fraction of sp³-hybridized carbons (Fsp3) is 0.333. The van der Waals surface area contributed by atoms with Crippen LogP contribution in [-0.2, 0) is 6.54 Å². The molecule has 8 nitrogen and oxygen atoms in total. The topological polar surface area (TPSA) is 119 Å². The van der Waals surface area contributed by atoms with Gasteiger partial charge in [-0.05, 0) is 13.8 Å². The highest BCUT2D eigenvalue weighted by Crippen LogP contribution is 2.17. The molecule has 0 aromatic carbocycles. The van der Waals surface area contributed by atoms with Gasteiger partial charge in [-0.2, -0.15) is 0 Å². The average Bonchev–Trinajstić information content (AvgIpc) is 3.04. The monoisotopic (exact) mass is 273 g/mol. The maximum Gasteiger partial charge on any atom is 0.183 e. The maximum absolute atomic E-state index is 5.87. The number of nitrogens with zero attached hydrogens (tertiary/aromatic N) is 4. The Morgan fingerprint density at radius 1 is 1.45 bits per heavy atom. The summed E-state index contributed by atoms with van der Waals surface area (Å²) in [5.74, 6) is 1.76. The molecule has 3 aromatic heterocycles. The lowest BCUT2D eigenvalue weighted by Gasteiger charge is -2.11. The Labute approximate surface area is 114 Å². The van der Waals surface area contributed by atoms with Gasteiger partial charge in [0.05, 0.1) is 24.6 Å². The zero-order valence-corrected chi connectivity index (χ0v) is 11.2. The lowest BCUT2D eigenvalue weighted by molar-refractivity contribution is 0.361. The summed E-state index contributed by atoms with van der Waals surface area (Å²) >= 11 is 0. The normalized spacial score (nSPS) is 12.9. The minimum atomic E-state index is -0.0798. The Morgan fingerprint density at radius 3 is 3.05 bits per heavy atom. The molecule has 0 aliphatic heterocycles. The summed E-state index contributed by atoms with van der Waals surface area (Å²) < 4.78 is 5.14. The lowest BCUT2D eigenvalue weighted by atomic mass is 10.3. The van der Waals surface area contributed by atoms with E-state index in [0.29, 0.717) is 29.4 Å². The average molecular weight is 273 g/mol. The van der Waals surface area contributed by atoms with E-state index in [1.54, 1.807) is 6.33 Å². The highest BCUT2D eigenvalue weighted by molar-refractivity contribution is 5.80. The van der Waals surface area contributed by atoms with E-state index in [4.69, 9.17) is 10.3 Å². The highest BCUT2D eigenvalue weighted by atomic mass is 16.5. The van der Waals surface area contributed by atoms with Gasteiger partial charge in [0.2, 0.25) is 0 Å². The first-order valence-electron chi connectivity index (χ1n) is 6.25. The molecule has 0 saturated heterocycles. The zero-order chi connectivity index (χ0) is 14.1. The van der Waals surface area contributed by atoms with Gasteiger partial charge in [0.25, 0.3) is 0 Å². The lowest BCUT2D eigenvalue weighted by Crippen LogP contribution is -2.20. The largest absolute Gasteiger partial charge is 0.382 e. The van der Waals surface area contributed by atoms with Crippen LogP contribution in [0.1, 0.15) is 30.2 Å². The van der Waals surface area contributed by atoms with E-state index >= 15 is 0 Å². The first-order valence-corrected chi connectivity index (χ1v) is 6.25. The van der Waals surface area contributed by atoms with Crippen molar-refractivity contribution in [2.24, 2.45) is 0 Å². The van der Waals surface area contributed by atoms with E-state index < -0.39 is 0 Å². The van der Waals surface area contributed by atoms with Crippen molar-refractivity contribution in [2.75, 3.05) is 5.73 Å². The molecule has 0 saturated carbocycles.